The largest absolute Gasteiger partial charge is 0.388 e. The van der Waals surface area contributed by atoms with Crippen molar-refractivity contribution in [1.29, 1.82) is 0 Å². The first-order valence-electron chi connectivity index (χ1n) is 5.55. The molecule has 1 aliphatic carbocycles. The SMILES string of the molecule is ClC1CCNC2=C1c1ccccc1CC2. The van der Waals surface area contributed by atoms with Crippen LogP contribution in [0.15, 0.2) is 30.0 Å². The van der Waals surface area contributed by atoms with Gasteiger partial charge in [-0.1, -0.05) is 24.3 Å². The van der Waals surface area contributed by atoms with Crippen LogP contribution in [0, 0.1) is 0 Å². The van der Waals surface area contributed by atoms with Crippen LogP contribution in [0.25, 0.3) is 5.57 Å². The van der Waals surface area contributed by atoms with Crippen LogP contribution in [0.1, 0.15) is 24.0 Å². The van der Waals surface area contributed by atoms with Gasteiger partial charge in [-0.3, -0.25) is 0 Å². The average molecular weight is 220 g/mol. The van der Waals surface area contributed by atoms with Crippen LogP contribution < -0.4 is 5.32 Å². The van der Waals surface area contributed by atoms with Crippen LogP contribution >= 0.6 is 11.6 Å². The van der Waals surface area contributed by atoms with Gasteiger partial charge in [0.15, 0.2) is 0 Å². The fraction of sp³-hybridized carbons (Fsp3) is 0.385. The number of rotatable bonds is 0. The van der Waals surface area contributed by atoms with Crippen molar-refractivity contribution in [3.05, 3.63) is 41.1 Å². The summed E-state index contributed by atoms with van der Waals surface area (Å²) in [4.78, 5) is 0. The molecule has 1 aromatic carbocycles. The highest BCUT2D eigenvalue weighted by Gasteiger charge is 2.26. The summed E-state index contributed by atoms with van der Waals surface area (Å²) in [6, 6.07) is 8.64. The fourth-order valence-corrected chi connectivity index (χ4v) is 2.95. The molecule has 2 aliphatic rings. The molecule has 1 heterocycles. The maximum absolute atomic E-state index is 6.42. The molecule has 0 aromatic heterocycles. The summed E-state index contributed by atoms with van der Waals surface area (Å²) in [6.07, 6.45) is 3.30. The Labute approximate surface area is 95.1 Å². The minimum Gasteiger partial charge on any atom is -0.388 e. The predicted molar refractivity (Wildman–Crippen MR) is 63.9 cm³/mol. The van der Waals surface area contributed by atoms with Gasteiger partial charge in [0, 0.05) is 12.2 Å². The van der Waals surface area contributed by atoms with E-state index < -0.39 is 0 Å². The van der Waals surface area contributed by atoms with E-state index in [9.17, 15) is 0 Å². The van der Waals surface area contributed by atoms with Crippen molar-refractivity contribution in [3.8, 4) is 0 Å². The third-order valence-electron chi connectivity index (χ3n) is 3.33. The first-order chi connectivity index (χ1) is 7.36. The molecule has 1 nitrogen and oxygen atoms in total. The van der Waals surface area contributed by atoms with E-state index in [1.807, 2.05) is 0 Å². The molecule has 1 N–H and O–H groups in total. The number of hydrogen-bond donors (Lipinski definition) is 1. The highest BCUT2D eigenvalue weighted by Crippen LogP contribution is 2.37. The summed E-state index contributed by atoms with van der Waals surface area (Å²) in [5.41, 5.74) is 5.54. The highest BCUT2D eigenvalue weighted by atomic mass is 35.5. The van der Waals surface area contributed by atoms with E-state index in [4.69, 9.17) is 11.6 Å². The molecule has 0 spiro atoms. The second-order valence-corrected chi connectivity index (χ2v) is 4.76. The van der Waals surface area contributed by atoms with Crippen molar-refractivity contribution in [1.82, 2.24) is 5.32 Å². The summed E-state index contributed by atoms with van der Waals surface area (Å²) < 4.78 is 0. The maximum Gasteiger partial charge on any atom is 0.0625 e. The van der Waals surface area contributed by atoms with E-state index in [2.05, 4.69) is 29.6 Å². The van der Waals surface area contributed by atoms with E-state index >= 15 is 0 Å². The fourth-order valence-electron chi connectivity index (χ4n) is 2.59. The number of halogens is 1. The first-order valence-corrected chi connectivity index (χ1v) is 5.99. The Balaban J connectivity index is 2.16. The summed E-state index contributed by atoms with van der Waals surface area (Å²) in [7, 11) is 0. The van der Waals surface area contributed by atoms with Crippen molar-refractivity contribution in [2.75, 3.05) is 6.54 Å². The molecule has 78 valence electrons. The Kier molecular flexibility index (Phi) is 2.21. The van der Waals surface area contributed by atoms with Gasteiger partial charge in [0.1, 0.15) is 0 Å². The molecule has 1 unspecified atom stereocenters. The van der Waals surface area contributed by atoms with Crippen LogP contribution in [-0.2, 0) is 6.42 Å². The van der Waals surface area contributed by atoms with E-state index in [1.165, 1.54) is 22.4 Å². The molecule has 0 amide bonds. The van der Waals surface area contributed by atoms with Crippen LogP contribution in [0.3, 0.4) is 0 Å². The lowest BCUT2D eigenvalue weighted by Gasteiger charge is -2.31. The summed E-state index contributed by atoms with van der Waals surface area (Å²) in [5.74, 6) is 0. The third-order valence-corrected chi connectivity index (χ3v) is 3.76. The molecule has 0 bridgehead atoms. The number of fused-ring (bicyclic) bond motifs is 2. The van der Waals surface area contributed by atoms with Gasteiger partial charge in [-0.2, -0.15) is 0 Å². The number of allylic oxidation sites excluding steroid dienone is 2. The van der Waals surface area contributed by atoms with Gasteiger partial charge in [-0.25, -0.2) is 0 Å². The summed E-state index contributed by atoms with van der Waals surface area (Å²) in [5, 5.41) is 3.68. The van der Waals surface area contributed by atoms with E-state index in [0.29, 0.717) is 0 Å². The topological polar surface area (TPSA) is 12.0 Å². The molecule has 15 heavy (non-hydrogen) atoms. The zero-order chi connectivity index (χ0) is 10.3. The minimum atomic E-state index is 0.197. The van der Waals surface area contributed by atoms with Gasteiger partial charge in [0.2, 0.25) is 0 Å². The van der Waals surface area contributed by atoms with Crippen LogP contribution in [0.4, 0.5) is 0 Å². The molecule has 0 saturated carbocycles. The van der Waals surface area contributed by atoms with E-state index in [-0.39, 0.29) is 5.38 Å². The van der Waals surface area contributed by atoms with Gasteiger partial charge >= 0.3 is 0 Å². The number of hydrogen-bond acceptors (Lipinski definition) is 1. The monoisotopic (exact) mass is 219 g/mol. The normalized spacial score (nSPS) is 24.2. The Morgan fingerprint density at radius 1 is 1.20 bits per heavy atom. The smallest absolute Gasteiger partial charge is 0.0625 e. The minimum absolute atomic E-state index is 0.197. The highest BCUT2D eigenvalue weighted by molar-refractivity contribution is 6.26. The Morgan fingerprint density at radius 3 is 3.00 bits per heavy atom. The van der Waals surface area contributed by atoms with Gasteiger partial charge in [0.05, 0.1) is 5.38 Å². The van der Waals surface area contributed by atoms with Crippen LogP contribution in [0.2, 0.25) is 0 Å². The van der Waals surface area contributed by atoms with Crippen molar-refractivity contribution in [2.24, 2.45) is 0 Å². The Morgan fingerprint density at radius 2 is 2.07 bits per heavy atom. The van der Waals surface area contributed by atoms with Crippen LogP contribution in [-0.4, -0.2) is 11.9 Å². The molecular formula is C13H14ClN. The van der Waals surface area contributed by atoms with Crippen LogP contribution in [0.5, 0.6) is 0 Å². The Hall–Kier alpha value is -0.950. The lowest BCUT2D eigenvalue weighted by molar-refractivity contribution is 0.661. The maximum atomic E-state index is 6.42. The van der Waals surface area contributed by atoms with E-state index in [0.717, 1.165) is 25.8 Å². The van der Waals surface area contributed by atoms with Crippen molar-refractivity contribution in [3.63, 3.8) is 0 Å². The van der Waals surface area contributed by atoms with Gasteiger partial charge in [-0.05, 0) is 36.0 Å². The van der Waals surface area contributed by atoms with Crippen molar-refractivity contribution in [2.45, 2.75) is 24.6 Å². The average Bonchev–Trinajstić information content (AvgIpc) is 2.29. The number of alkyl halides is 1. The quantitative estimate of drug-likeness (QED) is 0.662. The van der Waals surface area contributed by atoms with Gasteiger partial charge in [0.25, 0.3) is 0 Å². The second-order valence-electron chi connectivity index (χ2n) is 4.23. The molecule has 1 atom stereocenters. The molecule has 3 rings (SSSR count). The van der Waals surface area contributed by atoms with Crippen molar-refractivity contribution < 1.29 is 0 Å². The second kappa shape index (κ2) is 3.57. The number of nitrogens with one attached hydrogen (secondary N) is 1. The lowest BCUT2D eigenvalue weighted by atomic mass is 9.84. The zero-order valence-corrected chi connectivity index (χ0v) is 9.35. The molecule has 2 heteroatoms. The zero-order valence-electron chi connectivity index (χ0n) is 8.59. The van der Waals surface area contributed by atoms with Gasteiger partial charge in [-0.15, -0.1) is 11.6 Å². The lowest BCUT2D eigenvalue weighted by Crippen LogP contribution is -2.30. The first kappa shape index (κ1) is 9.29. The number of aryl methyl sites for hydroxylation is 1. The third kappa shape index (κ3) is 1.46. The standard InChI is InChI=1S/C13H14ClN/c14-11-7-8-15-12-6-5-9-3-1-2-4-10(9)13(11)12/h1-4,11,15H,5-8H2. The molecule has 0 saturated heterocycles. The molecule has 1 aromatic rings. The van der Waals surface area contributed by atoms with Gasteiger partial charge < -0.3 is 5.32 Å². The molecular weight excluding hydrogens is 206 g/mol. The number of benzene rings is 1. The molecule has 0 fully saturated rings. The van der Waals surface area contributed by atoms with Crippen molar-refractivity contribution >= 4 is 17.2 Å². The predicted octanol–water partition coefficient (Wildman–Crippen LogP) is 2.94. The molecule has 1 aliphatic heterocycles. The van der Waals surface area contributed by atoms with E-state index in [1.54, 1.807) is 0 Å². The summed E-state index contributed by atoms with van der Waals surface area (Å²) in [6.45, 7) is 1.02. The molecule has 0 radical (unpaired) electrons. The Bertz CT molecular complexity index is 422. The summed E-state index contributed by atoms with van der Waals surface area (Å²) >= 11 is 6.42.